The normalized spacial score (nSPS) is 18.1. The fraction of sp³-hybridized carbons (Fsp3) is 0.222. The van der Waals surface area contributed by atoms with E-state index < -0.39 is 12.3 Å². The average molecular weight is 482 g/mol. The summed E-state index contributed by atoms with van der Waals surface area (Å²) in [6.07, 6.45) is -0.525. The number of benzene rings is 2. The van der Waals surface area contributed by atoms with E-state index in [-0.39, 0.29) is 6.03 Å². The fourth-order valence-corrected chi connectivity index (χ4v) is 3.48. The molecule has 0 spiro atoms. The number of rotatable bonds is 3. The Balaban J connectivity index is 2.09. The van der Waals surface area contributed by atoms with Crippen LogP contribution in [0.4, 0.5) is 21.0 Å². The quantitative estimate of drug-likeness (QED) is 0.645. The maximum Gasteiger partial charge on any atom is 0.340 e. The number of amides is 4. The lowest BCUT2D eigenvalue weighted by molar-refractivity contribution is 0.113. The summed E-state index contributed by atoms with van der Waals surface area (Å²) in [4.78, 5) is 32.4. The molecule has 4 amide bonds. The van der Waals surface area contributed by atoms with Crippen LogP contribution in [0.3, 0.4) is 0 Å². The Morgan fingerprint density at radius 1 is 0.808 bits per heavy atom. The molecular formula is C18H18Br2N4O2. The minimum atomic E-state index is -0.525. The third kappa shape index (κ3) is 3.36. The Hall–Kier alpha value is -1.90. The largest absolute Gasteiger partial charge is 0.340 e. The molecule has 1 saturated heterocycles. The zero-order valence-corrected chi connectivity index (χ0v) is 17.7. The molecule has 1 fully saturated rings. The van der Waals surface area contributed by atoms with E-state index >= 15 is 0 Å². The molecule has 26 heavy (non-hydrogen) atoms. The van der Waals surface area contributed by atoms with Crippen LogP contribution in [0.1, 0.15) is 0 Å². The van der Waals surface area contributed by atoms with Crippen molar-refractivity contribution in [2.75, 3.05) is 30.9 Å². The molecule has 1 aliphatic heterocycles. The summed E-state index contributed by atoms with van der Waals surface area (Å²) in [5, 5.41) is 0. The van der Waals surface area contributed by atoms with E-state index in [0.29, 0.717) is 11.4 Å². The predicted molar refractivity (Wildman–Crippen MR) is 109 cm³/mol. The molecule has 0 bridgehead atoms. The molecule has 0 aliphatic carbocycles. The maximum atomic E-state index is 13.3. The molecule has 0 aromatic heterocycles. The first kappa shape index (κ1) is 18.9. The number of halogens is 2. The van der Waals surface area contributed by atoms with Crippen LogP contribution in [0.2, 0.25) is 0 Å². The van der Waals surface area contributed by atoms with E-state index in [1.807, 2.05) is 43.3 Å². The van der Waals surface area contributed by atoms with Gasteiger partial charge >= 0.3 is 12.1 Å². The highest BCUT2D eigenvalue weighted by molar-refractivity contribution is 9.10. The van der Waals surface area contributed by atoms with Crippen molar-refractivity contribution in [3.05, 3.63) is 57.5 Å². The molecule has 0 saturated carbocycles. The monoisotopic (exact) mass is 480 g/mol. The summed E-state index contributed by atoms with van der Waals surface area (Å²) in [5.74, 6) is 0. The van der Waals surface area contributed by atoms with Crippen molar-refractivity contribution in [2.45, 2.75) is 6.29 Å². The van der Waals surface area contributed by atoms with Crippen molar-refractivity contribution in [2.24, 2.45) is 0 Å². The van der Waals surface area contributed by atoms with Crippen molar-refractivity contribution >= 4 is 55.3 Å². The zero-order chi connectivity index (χ0) is 19.0. The van der Waals surface area contributed by atoms with Crippen LogP contribution < -0.4 is 9.80 Å². The molecule has 0 N–H and O–H groups in total. The predicted octanol–water partition coefficient (Wildman–Crippen LogP) is 4.56. The lowest BCUT2D eigenvalue weighted by Crippen LogP contribution is -2.69. The number of imide groups is 1. The maximum absolute atomic E-state index is 13.3. The van der Waals surface area contributed by atoms with Crippen LogP contribution in [0, 0.1) is 0 Å². The Labute approximate surface area is 169 Å². The van der Waals surface area contributed by atoms with Gasteiger partial charge in [0.05, 0.1) is 5.69 Å². The lowest BCUT2D eigenvalue weighted by atomic mass is 10.2. The van der Waals surface area contributed by atoms with Gasteiger partial charge in [-0.15, -0.1) is 0 Å². The van der Waals surface area contributed by atoms with Gasteiger partial charge in [0.1, 0.15) is 0 Å². The van der Waals surface area contributed by atoms with Gasteiger partial charge in [-0.3, -0.25) is 14.7 Å². The fourth-order valence-electron chi connectivity index (χ4n) is 2.95. The van der Waals surface area contributed by atoms with Crippen LogP contribution >= 0.6 is 31.9 Å². The number of urea groups is 2. The number of carbonyl (C=O) groups excluding carboxylic acids is 2. The van der Waals surface area contributed by atoms with Gasteiger partial charge in [0, 0.05) is 21.7 Å². The Morgan fingerprint density at radius 2 is 1.27 bits per heavy atom. The molecule has 1 atom stereocenters. The van der Waals surface area contributed by atoms with Crippen LogP contribution in [-0.2, 0) is 0 Å². The topological polar surface area (TPSA) is 47.1 Å². The smallest absolute Gasteiger partial charge is 0.293 e. The van der Waals surface area contributed by atoms with E-state index in [1.54, 1.807) is 41.1 Å². The summed E-state index contributed by atoms with van der Waals surface area (Å²) in [7, 11) is 5.36. The molecule has 3 rings (SSSR count). The van der Waals surface area contributed by atoms with Gasteiger partial charge in [0.15, 0.2) is 6.29 Å². The SMILES string of the molecule is CN(C)C1N(C)C(=O)N(c2ccc(Br)cc2)C(=O)N1c1ccc(Br)cc1. The van der Waals surface area contributed by atoms with Crippen LogP contribution in [-0.4, -0.2) is 49.3 Å². The van der Waals surface area contributed by atoms with Gasteiger partial charge in [0.25, 0.3) is 0 Å². The van der Waals surface area contributed by atoms with E-state index in [1.165, 1.54) is 4.90 Å². The van der Waals surface area contributed by atoms with E-state index in [2.05, 4.69) is 31.9 Å². The van der Waals surface area contributed by atoms with Gasteiger partial charge in [0.2, 0.25) is 0 Å². The van der Waals surface area contributed by atoms with Gasteiger partial charge in [-0.2, -0.15) is 0 Å². The average Bonchev–Trinajstić information content (AvgIpc) is 2.60. The molecule has 0 radical (unpaired) electrons. The molecule has 8 heteroatoms. The highest BCUT2D eigenvalue weighted by Gasteiger charge is 2.45. The minimum Gasteiger partial charge on any atom is -0.293 e. The van der Waals surface area contributed by atoms with Crippen molar-refractivity contribution in [3.8, 4) is 0 Å². The molecular weight excluding hydrogens is 464 g/mol. The lowest BCUT2D eigenvalue weighted by Gasteiger charge is -2.48. The van der Waals surface area contributed by atoms with Crippen LogP contribution in [0.5, 0.6) is 0 Å². The number of anilines is 2. The summed E-state index contributed by atoms with van der Waals surface area (Å²) in [6.45, 7) is 0. The third-order valence-electron chi connectivity index (χ3n) is 4.12. The molecule has 1 heterocycles. The standard InChI is InChI=1S/C18H18Br2N4O2/c1-21(2)16-22(3)17(25)24(15-10-6-13(20)7-11-15)18(26)23(16)14-8-4-12(19)5-9-14/h4-11,16H,1-3H3. The number of hydrogen-bond donors (Lipinski definition) is 0. The van der Waals surface area contributed by atoms with E-state index in [0.717, 1.165) is 8.95 Å². The molecule has 1 unspecified atom stereocenters. The van der Waals surface area contributed by atoms with Gasteiger partial charge in [-0.25, -0.2) is 14.5 Å². The van der Waals surface area contributed by atoms with Crippen LogP contribution in [0.25, 0.3) is 0 Å². The first-order valence-corrected chi connectivity index (χ1v) is 9.47. The number of nitrogens with zero attached hydrogens (tertiary/aromatic N) is 4. The Kier molecular flexibility index (Phi) is 5.36. The highest BCUT2D eigenvalue weighted by Crippen LogP contribution is 2.31. The summed E-state index contributed by atoms with van der Waals surface area (Å²) in [5.41, 5.74) is 1.23. The minimum absolute atomic E-state index is 0.371. The highest BCUT2D eigenvalue weighted by atomic mass is 79.9. The van der Waals surface area contributed by atoms with Gasteiger partial charge < -0.3 is 0 Å². The molecule has 2 aromatic carbocycles. The summed E-state index contributed by atoms with van der Waals surface area (Å²) < 4.78 is 1.80. The second kappa shape index (κ2) is 7.38. The summed E-state index contributed by atoms with van der Waals surface area (Å²) >= 11 is 6.79. The van der Waals surface area contributed by atoms with E-state index in [4.69, 9.17) is 0 Å². The third-order valence-corrected chi connectivity index (χ3v) is 5.18. The first-order valence-electron chi connectivity index (χ1n) is 7.89. The molecule has 1 aliphatic rings. The van der Waals surface area contributed by atoms with Crippen molar-refractivity contribution < 1.29 is 9.59 Å². The summed E-state index contributed by atoms with van der Waals surface area (Å²) in [6, 6.07) is 13.8. The van der Waals surface area contributed by atoms with Crippen molar-refractivity contribution in [3.63, 3.8) is 0 Å². The number of carbonyl (C=O) groups is 2. The molecule has 2 aromatic rings. The number of hydrogen-bond acceptors (Lipinski definition) is 3. The van der Waals surface area contributed by atoms with Gasteiger partial charge in [-0.1, -0.05) is 31.9 Å². The second-order valence-corrected chi connectivity index (χ2v) is 7.98. The second-order valence-electron chi connectivity index (χ2n) is 6.14. The van der Waals surface area contributed by atoms with Crippen molar-refractivity contribution in [1.29, 1.82) is 0 Å². The Morgan fingerprint density at radius 3 is 1.73 bits per heavy atom. The molecule has 6 nitrogen and oxygen atoms in total. The first-order chi connectivity index (χ1) is 12.3. The molecule has 136 valence electrons. The zero-order valence-electron chi connectivity index (χ0n) is 14.6. The van der Waals surface area contributed by atoms with Gasteiger partial charge in [-0.05, 0) is 62.6 Å². The Bertz CT molecular complexity index is 824. The van der Waals surface area contributed by atoms with Crippen LogP contribution in [0.15, 0.2) is 57.5 Å². The van der Waals surface area contributed by atoms with Crippen molar-refractivity contribution in [1.82, 2.24) is 9.80 Å². The van der Waals surface area contributed by atoms with E-state index in [9.17, 15) is 9.59 Å².